The van der Waals surface area contributed by atoms with E-state index in [0.717, 1.165) is 16.3 Å². The molecule has 2 unspecified atom stereocenters. The maximum atomic E-state index is 14.0. The predicted octanol–water partition coefficient (Wildman–Crippen LogP) is 5.18. The van der Waals surface area contributed by atoms with E-state index in [1.807, 2.05) is 19.9 Å². The number of ether oxygens (including phenoxy) is 1. The van der Waals surface area contributed by atoms with E-state index in [2.05, 4.69) is 5.32 Å². The van der Waals surface area contributed by atoms with Gasteiger partial charge in [0.2, 0.25) is 11.8 Å². The Hall–Kier alpha value is -3.56. The molecule has 0 spiro atoms. The van der Waals surface area contributed by atoms with Crippen molar-refractivity contribution in [3.05, 3.63) is 88.9 Å². The summed E-state index contributed by atoms with van der Waals surface area (Å²) in [7, 11) is -2.60. The van der Waals surface area contributed by atoms with Crippen LogP contribution in [0.2, 0.25) is 5.02 Å². The second-order valence-corrected chi connectivity index (χ2v) is 11.9. The molecule has 0 fully saturated rings. The summed E-state index contributed by atoms with van der Waals surface area (Å²) in [6.07, 6.45) is 0.723. The van der Waals surface area contributed by atoms with Crippen LogP contribution in [0.5, 0.6) is 5.75 Å². The van der Waals surface area contributed by atoms with E-state index < -0.39 is 28.5 Å². The summed E-state index contributed by atoms with van der Waals surface area (Å²) in [6, 6.07) is 19.0. The van der Waals surface area contributed by atoms with Crippen molar-refractivity contribution in [2.75, 3.05) is 18.0 Å². The lowest BCUT2D eigenvalue weighted by Crippen LogP contribution is -2.52. The van der Waals surface area contributed by atoms with Gasteiger partial charge in [0, 0.05) is 17.6 Å². The number of hydrogen-bond acceptors (Lipinski definition) is 5. The fourth-order valence-corrected chi connectivity index (χ4v) is 5.87. The Morgan fingerprint density at radius 2 is 1.70 bits per heavy atom. The minimum absolute atomic E-state index is 0.0408. The number of amides is 2. The molecule has 0 aliphatic rings. The summed E-state index contributed by atoms with van der Waals surface area (Å²) in [6.45, 7) is 6.76. The molecule has 2 atom stereocenters. The van der Waals surface area contributed by atoms with Crippen LogP contribution >= 0.6 is 11.6 Å². The lowest BCUT2D eigenvalue weighted by Gasteiger charge is -2.33. The quantitative estimate of drug-likeness (QED) is 0.316. The first-order chi connectivity index (χ1) is 19.0. The fraction of sp³-hybridized carbons (Fsp3) is 0.333. The van der Waals surface area contributed by atoms with Crippen LogP contribution in [0.15, 0.2) is 77.7 Å². The summed E-state index contributed by atoms with van der Waals surface area (Å²) in [5.74, 6) is -0.263. The van der Waals surface area contributed by atoms with Crippen molar-refractivity contribution in [2.24, 2.45) is 0 Å². The van der Waals surface area contributed by atoms with Gasteiger partial charge in [0.1, 0.15) is 18.3 Å². The molecule has 0 bridgehead atoms. The lowest BCUT2D eigenvalue weighted by atomic mass is 10.1. The standard InChI is InChI=1S/C30H36ClN3O5S/c1-6-22(3)32-30(36)23(4)33(19-24-11-10-12-26(18-24)39-5)29(35)20-34(28-16-15-25(31)17-21(28)2)40(37,38)27-13-8-7-9-14-27/h7-18,22-23H,6,19-20H2,1-5H3,(H,32,36). The molecule has 0 saturated carbocycles. The molecule has 8 nitrogen and oxygen atoms in total. The zero-order valence-electron chi connectivity index (χ0n) is 23.4. The summed E-state index contributed by atoms with van der Waals surface area (Å²) < 4.78 is 34.2. The van der Waals surface area contributed by atoms with Gasteiger partial charge >= 0.3 is 0 Å². The van der Waals surface area contributed by atoms with Crippen molar-refractivity contribution in [3.63, 3.8) is 0 Å². The van der Waals surface area contributed by atoms with E-state index in [9.17, 15) is 18.0 Å². The highest BCUT2D eigenvalue weighted by Crippen LogP contribution is 2.29. The van der Waals surface area contributed by atoms with Crippen LogP contribution in [0.1, 0.15) is 38.3 Å². The second kappa shape index (κ2) is 13.7. The monoisotopic (exact) mass is 585 g/mol. The number of anilines is 1. The van der Waals surface area contributed by atoms with Crippen LogP contribution in [0, 0.1) is 6.92 Å². The molecule has 0 radical (unpaired) electrons. The molecular weight excluding hydrogens is 550 g/mol. The Morgan fingerprint density at radius 1 is 1.00 bits per heavy atom. The van der Waals surface area contributed by atoms with Crippen LogP contribution in [0.4, 0.5) is 5.69 Å². The van der Waals surface area contributed by atoms with Gasteiger partial charge in [-0.25, -0.2) is 8.42 Å². The molecule has 0 aromatic heterocycles. The molecule has 0 saturated heterocycles. The van der Waals surface area contributed by atoms with E-state index in [4.69, 9.17) is 16.3 Å². The molecular formula is C30H36ClN3O5S. The van der Waals surface area contributed by atoms with Crippen molar-refractivity contribution in [1.82, 2.24) is 10.2 Å². The fourth-order valence-electron chi connectivity index (χ4n) is 4.15. The third kappa shape index (κ3) is 7.55. The van der Waals surface area contributed by atoms with Crippen molar-refractivity contribution < 1.29 is 22.7 Å². The first-order valence-electron chi connectivity index (χ1n) is 13.0. The van der Waals surface area contributed by atoms with Gasteiger partial charge in [0.05, 0.1) is 17.7 Å². The maximum absolute atomic E-state index is 14.0. The zero-order valence-corrected chi connectivity index (χ0v) is 25.0. The minimum Gasteiger partial charge on any atom is -0.497 e. The summed E-state index contributed by atoms with van der Waals surface area (Å²) in [4.78, 5) is 28.6. The first-order valence-corrected chi connectivity index (χ1v) is 14.9. The number of carbonyl (C=O) groups is 2. The molecule has 3 rings (SSSR count). The summed E-state index contributed by atoms with van der Waals surface area (Å²) in [5.41, 5.74) is 1.64. The maximum Gasteiger partial charge on any atom is 0.264 e. The average Bonchev–Trinajstić information content (AvgIpc) is 2.94. The van der Waals surface area contributed by atoms with E-state index in [-0.39, 0.29) is 23.4 Å². The predicted molar refractivity (Wildman–Crippen MR) is 158 cm³/mol. The largest absolute Gasteiger partial charge is 0.497 e. The average molecular weight is 586 g/mol. The Bertz CT molecular complexity index is 1430. The number of carbonyl (C=O) groups excluding carboxylic acids is 2. The van der Waals surface area contributed by atoms with Crippen molar-refractivity contribution in [2.45, 2.75) is 57.6 Å². The lowest BCUT2D eigenvalue weighted by molar-refractivity contribution is -0.139. The van der Waals surface area contributed by atoms with Crippen LogP contribution in [0.3, 0.4) is 0 Å². The number of sulfonamides is 1. The molecule has 0 heterocycles. The van der Waals surface area contributed by atoms with E-state index in [1.165, 1.54) is 17.0 Å². The number of benzene rings is 3. The third-order valence-electron chi connectivity index (χ3n) is 6.69. The van der Waals surface area contributed by atoms with Gasteiger partial charge in [0.25, 0.3) is 10.0 Å². The Kier molecular flexibility index (Phi) is 10.6. The Balaban J connectivity index is 2.05. The highest BCUT2D eigenvalue weighted by atomic mass is 35.5. The number of methoxy groups -OCH3 is 1. The molecule has 3 aromatic rings. The van der Waals surface area contributed by atoms with E-state index in [0.29, 0.717) is 22.0 Å². The molecule has 0 aliphatic heterocycles. The molecule has 10 heteroatoms. The van der Waals surface area contributed by atoms with Gasteiger partial charge in [-0.3, -0.25) is 13.9 Å². The number of nitrogens with one attached hydrogen (secondary N) is 1. The molecule has 40 heavy (non-hydrogen) atoms. The smallest absolute Gasteiger partial charge is 0.264 e. The highest BCUT2D eigenvalue weighted by Gasteiger charge is 2.33. The van der Waals surface area contributed by atoms with Gasteiger partial charge in [0.15, 0.2) is 0 Å². The van der Waals surface area contributed by atoms with Crippen LogP contribution in [0.25, 0.3) is 0 Å². The molecule has 1 N–H and O–H groups in total. The highest BCUT2D eigenvalue weighted by molar-refractivity contribution is 7.92. The normalized spacial score (nSPS) is 12.8. The first kappa shape index (κ1) is 31.0. The number of halogens is 1. The number of rotatable bonds is 12. The summed E-state index contributed by atoms with van der Waals surface area (Å²) >= 11 is 6.16. The minimum atomic E-state index is -4.15. The van der Waals surface area contributed by atoms with Gasteiger partial charge in [-0.15, -0.1) is 0 Å². The van der Waals surface area contributed by atoms with Crippen molar-refractivity contribution >= 4 is 39.1 Å². The van der Waals surface area contributed by atoms with Crippen LogP contribution in [-0.4, -0.2) is 50.9 Å². The number of hydrogen-bond donors (Lipinski definition) is 1. The Morgan fingerprint density at radius 3 is 2.33 bits per heavy atom. The Labute approximate surface area is 241 Å². The summed E-state index contributed by atoms with van der Waals surface area (Å²) in [5, 5.41) is 3.37. The second-order valence-electron chi connectivity index (χ2n) is 9.62. The molecule has 3 aromatic carbocycles. The van der Waals surface area contributed by atoms with Gasteiger partial charge in [-0.05, 0) is 80.8 Å². The zero-order chi connectivity index (χ0) is 29.4. The number of nitrogens with zero attached hydrogens (tertiary/aromatic N) is 2. The molecule has 0 aliphatic carbocycles. The van der Waals surface area contributed by atoms with Crippen molar-refractivity contribution in [3.8, 4) is 5.75 Å². The van der Waals surface area contributed by atoms with E-state index >= 15 is 0 Å². The van der Waals surface area contributed by atoms with Gasteiger partial charge < -0.3 is 15.0 Å². The van der Waals surface area contributed by atoms with Crippen LogP contribution < -0.4 is 14.4 Å². The van der Waals surface area contributed by atoms with Gasteiger partial charge in [-0.2, -0.15) is 0 Å². The molecule has 214 valence electrons. The SMILES string of the molecule is CCC(C)NC(=O)C(C)N(Cc1cccc(OC)c1)C(=O)CN(c1ccc(Cl)cc1C)S(=O)(=O)c1ccccc1. The molecule has 2 amide bonds. The van der Waals surface area contributed by atoms with Crippen LogP contribution in [-0.2, 0) is 26.2 Å². The van der Waals surface area contributed by atoms with Crippen molar-refractivity contribution in [1.29, 1.82) is 0 Å². The van der Waals surface area contributed by atoms with Gasteiger partial charge in [-0.1, -0.05) is 48.9 Å². The number of aryl methyl sites for hydroxylation is 1. The topological polar surface area (TPSA) is 96.0 Å². The van der Waals surface area contributed by atoms with E-state index in [1.54, 1.807) is 75.6 Å². The third-order valence-corrected chi connectivity index (χ3v) is 8.70.